The highest BCUT2D eigenvalue weighted by Gasteiger charge is 2.47. The third-order valence-electron chi connectivity index (χ3n) is 5.76. The molecule has 0 saturated carbocycles. The number of Topliss-reactive ketones (excluding diaryl/α,β-unsaturated/α-hetero) is 1. The average molecular weight is 444 g/mol. The van der Waals surface area contributed by atoms with Crippen LogP contribution in [-0.2, 0) is 23.9 Å². The molecule has 0 bridgehead atoms. The molecule has 1 aromatic rings. The second-order valence-corrected chi connectivity index (χ2v) is 9.17. The molecule has 7 heteroatoms. The molecule has 6 nitrogen and oxygen atoms in total. The lowest BCUT2D eigenvalue weighted by Crippen LogP contribution is -2.43. The number of nitrogens with one attached hydrogen (secondary N) is 1. The molecule has 166 valence electrons. The molecule has 0 aromatic heterocycles. The monoisotopic (exact) mass is 443 g/mol. The SMILES string of the molecule is CCSCCOC(=O)C1=C(C)NC2=C(C(=O)[C@H](C(=O)OC)[C@H](C)C2)[C@H]1c1ccccc1. The quantitative estimate of drug-likeness (QED) is 0.392. The van der Waals surface area contributed by atoms with Crippen LogP contribution in [0.5, 0.6) is 0 Å². The maximum absolute atomic E-state index is 13.6. The summed E-state index contributed by atoms with van der Waals surface area (Å²) in [6, 6.07) is 9.43. The van der Waals surface area contributed by atoms with Crippen LogP contribution in [0.15, 0.2) is 52.9 Å². The zero-order valence-corrected chi connectivity index (χ0v) is 19.2. The number of methoxy groups -OCH3 is 1. The summed E-state index contributed by atoms with van der Waals surface area (Å²) < 4.78 is 10.5. The number of ether oxygens (including phenoxy) is 2. The van der Waals surface area contributed by atoms with Crippen molar-refractivity contribution in [2.24, 2.45) is 11.8 Å². The van der Waals surface area contributed by atoms with Gasteiger partial charge in [-0.2, -0.15) is 11.8 Å². The minimum atomic E-state index is -0.881. The van der Waals surface area contributed by atoms with Crippen LogP contribution in [-0.4, -0.2) is 42.9 Å². The Bertz CT molecular complexity index is 921. The van der Waals surface area contributed by atoms with Crippen LogP contribution in [0.25, 0.3) is 0 Å². The first-order chi connectivity index (χ1) is 14.9. The summed E-state index contributed by atoms with van der Waals surface area (Å²) in [6.07, 6.45) is 0.525. The van der Waals surface area contributed by atoms with E-state index in [1.807, 2.05) is 44.2 Å². The van der Waals surface area contributed by atoms with Crippen molar-refractivity contribution in [3.05, 3.63) is 58.4 Å². The van der Waals surface area contributed by atoms with E-state index in [-0.39, 0.29) is 11.7 Å². The summed E-state index contributed by atoms with van der Waals surface area (Å²) in [6.45, 7) is 6.06. The standard InChI is InChI=1S/C24H29NO5S/c1-5-31-12-11-30-24(28)19-15(3)25-17-13-14(2)18(23(27)29-4)22(26)21(17)20(19)16-9-7-6-8-10-16/h6-10,14,18,20,25H,5,11-13H2,1-4H3/t14-,18-,20+/m1/s1. The number of carbonyl (C=O) groups is 3. The number of allylic oxidation sites excluding steroid dienone is 3. The molecule has 2 aliphatic rings. The van der Waals surface area contributed by atoms with Crippen LogP contribution in [0.3, 0.4) is 0 Å². The number of thioether (sulfide) groups is 1. The van der Waals surface area contributed by atoms with Crippen LogP contribution >= 0.6 is 11.8 Å². The number of hydrogen-bond donors (Lipinski definition) is 1. The van der Waals surface area contributed by atoms with Crippen LogP contribution in [0.2, 0.25) is 0 Å². The van der Waals surface area contributed by atoms with Crippen molar-refractivity contribution in [3.8, 4) is 0 Å². The zero-order chi connectivity index (χ0) is 22.5. The smallest absolute Gasteiger partial charge is 0.336 e. The third-order valence-corrected chi connectivity index (χ3v) is 6.62. The van der Waals surface area contributed by atoms with Gasteiger partial charge in [0.05, 0.1) is 12.7 Å². The zero-order valence-electron chi connectivity index (χ0n) is 18.4. The first-order valence-electron chi connectivity index (χ1n) is 10.5. The molecule has 1 N–H and O–H groups in total. The fourth-order valence-electron chi connectivity index (χ4n) is 4.35. The predicted octanol–water partition coefficient (Wildman–Crippen LogP) is 3.60. The molecule has 0 saturated heterocycles. The number of ketones is 1. The first kappa shape index (κ1) is 23.1. The number of carbonyl (C=O) groups excluding carboxylic acids is 3. The molecule has 0 fully saturated rings. The van der Waals surface area contributed by atoms with Gasteiger partial charge in [0, 0.05) is 28.6 Å². The van der Waals surface area contributed by atoms with Crippen LogP contribution in [0.4, 0.5) is 0 Å². The minimum Gasteiger partial charge on any atom is -0.468 e. The maximum atomic E-state index is 13.6. The van der Waals surface area contributed by atoms with Crippen molar-refractivity contribution in [1.29, 1.82) is 0 Å². The Morgan fingerprint density at radius 2 is 1.94 bits per heavy atom. The summed E-state index contributed by atoms with van der Waals surface area (Å²) in [5.41, 5.74) is 3.13. The largest absolute Gasteiger partial charge is 0.468 e. The summed E-state index contributed by atoms with van der Waals surface area (Å²) in [5.74, 6) is -1.27. The Balaban J connectivity index is 2.04. The average Bonchev–Trinajstić information content (AvgIpc) is 2.76. The highest BCUT2D eigenvalue weighted by Crippen LogP contribution is 2.45. The fourth-order valence-corrected chi connectivity index (χ4v) is 4.84. The van der Waals surface area contributed by atoms with E-state index in [4.69, 9.17) is 9.47 Å². The van der Waals surface area contributed by atoms with Gasteiger partial charge in [0.1, 0.15) is 12.5 Å². The predicted molar refractivity (Wildman–Crippen MR) is 120 cm³/mol. The normalized spacial score (nSPS) is 23.2. The van der Waals surface area contributed by atoms with Gasteiger partial charge in [0.25, 0.3) is 0 Å². The molecule has 0 amide bonds. The molecule has 1 aromatic carbocycles. The van der Waals surface area contributed by atoms with E-state index in [0.29, 0.717) is 35.6 Å². The number of hydrogen-bond acceptors (Lipinski definition) is 7. The Morgan fingerprint density at radius 1 is 1.23 bits per heavy atom. The lowest BCUT2D eigenvalue weighted by molar-refractivity contribution is -0.151. The van der Waals surface area contributed by atoms with Crippen molar-refractivity contribution in [2.75, 3.05) is 25.2 Å². The van der Waals surface area contributed by atoms with Crippen LogP contribution in [0, 0.1) is 11.8 Å². The molecular formula is C24H29NO5S. The summed E-state index contributed by atoms with van der Waals surface area (Å²) in [4.78, 5) is 39.1. The minimum absolute atomic E-state index is 0.199. The molecule has 3 rings (SSSR count). The third kappa shape index (κ3) is 4.71. The molecule has 1 aliphatic heterocycles. The molecule has 0 radical (unpaired) electrons. The van der Waals surface area contributed by atoms with E-state index in [2.05, 4.69) is 12.2 Å². The van der Waals surface area contributed by atoms with Gasteiger partial charge < -0.3 is 14.8 Å². The summed E-state index contributed by atoms with van der Waals surface area (Å²) in [7, 11) is 1.29. The molecular weight excluding hydrogens is 414 g/mol. The van der Waals surface area contributed by atoms with Gasteiger partial charge in [-0.3, -0.25) is 9.59 Å². The number of dihydropyridines is 1. The van der Waals surface area contributed by atoms with Crippen molar-refractivity contribution in [2.45, 2.75) is 33.1 Å². The van der Waals surface area contributed by atoms with Gasteiger partial charge >= 0.3 is 11.9 Å². The molecule has 31 heavy (non-hydrogen) atoms. The van der Waals surface area contributed by atoms with E-state index < -0.39 is 23.8 Å². The Labute approximate surface area is 187 Å². The Hall–Kier alpha value is -2.54. The summed E-state index contributed by atoms with van der Waals surface area (Å²) in [5, 5.41) is 3.27. The van der Waals surface area contributed by atoms with Gasteiger partial charge in [-0.15, -0.1) is 0 Å². The number of rotatable bonds is 7. The van der Waals surface area contributed by atoms with Crippen molar-refractivity contribution in [1.82, 2.24) is 5.32 Å². The lowest BCUT2D eigenvalue weighted by Gasteiger charge is -2.38. The van der Waals surface area contributed by atoms with Gasteiger partial charge in [-0.05, 0) is 30.6 Å². The molecule has 1 aliphatic carbocycles. The van der Waals surface area contributed by atoms with E-state index in [1.54, 1.807) is 11.8 Å². The topological polar surface area (TPSA) is 81.7 Å². The van der Waals surface area contributed by atoms with Gasteiger partial charge in [0.15, 0.2) is 5.78 Å². The van der Waals surface area contributed by atoms with Crippen LogP contribution in [0.1, 0.15) is 38.7 Å². The van der Waals surface area contributed by atoms with E-state index in [9.17, 15) is 14.4 Å². The molecule has 3 atom stereocenters. The Kier molecular flexibility index (Phi) is 7.59. The van der Waals surface area contributed by atoms with Crippen molar-refractivity contribution < 1.29 is 23.9 Å². The molecule has 0 unspecified atom stereocenters. The molecule has 0 spiro atoms. The fraction of sp³-hybridized carbons (Fsp3) is 0.458. The van der Waals surface area contributed by atoms with E-state index in [0.717, 1.165) is 17.0 Å². The highest BCUT2D eigenvalue weighted by molar-refractivity contribution is 7.99. The summed E-state index contributed by atoms with van der Waals surface area (Å²) >= 11 is 1.70. The van der Waals surface area contributed by atoms with E-state index >= 15 is 0 Å². The van der Waals surface area contributed by atoms with Crippen LogP contribution < -0.4 is 5.32 Å². The Morgan fingerprint density at radius 3 is 2.58 bits per heavy atom. The van der Waals surface area contributed by atoms with Gasteiger partial charge in [-0.25, -0.2) is 4.79 Å². The maximum Gasteiger partial charge on any atom is 0.336 e. The second kappa shape index (κ2) is 10.2. The van der Waals surface area contributed by atoms with Gasteiger partial charge in [0.2, 0.25) is 0 Å². The molecule has 1 heterocycles. The van der Waals surface area contributed by atoms with Gasteiger partial charge in [-0.1, -0.05) is 44.2 Å². The second-order valence-electron chi connectivity index (χ2n) is 7.78. The highest BCUT2D eigenvalue weighted by atomic mass is 32.2. The number of benzene rings is 1. The lowest BCUT2D eigenvalue weighted by atomic mass is 9.69. The first-order valence-corrected chi connectivity index (χ1v) is 11.7. The number of esters is 2. The van der Waals surface area contributed by atoms with Crippen molar-refractivity contribution >= 4 is 29.5 Å². The van der Waals surface area contributed by atoms with E-state index in [1.165, 1.54) is 7.11 Å². The van der Waals surface area contributed by atoms with Crippen molar-refractivity contribution in [3.63, 3.8) is 0 Å².